The molecule has 1 nitrogen and oxygen atoms in total. The maximum atomic E-state index is 13.7. The van der Waals surface area contributed by atoms with Gasteiger partial charge in [0.05, 0.1) is 5.56 Å². The minimum absolute atomic E-state index is 0.0669. The molecular formula is C15H21FO. The number of carbonyl (C=O) groups excluding carboxylic acids is 1. The summed E-state index contributed by atoms with van der Waals surface area (Å²) in [6, 6.07) is 5.01. The molecule has 1 aromatic rings. The summed E-state index contributed by atoms with van der Waals surface area (Å²) in [6.45, 7) is 3.85. The Hall–Kier alpha value is -1.18. The van der Waals surface area contributed by atoms with Crippen LogP contribution in [0.2, 0.25) is 0 Å². The fourth-order valence-electron chi connectivity index (χ4n) is 1.89. The van der Waals surface area contributed by atoms with Crippen LogP contribution in [-0.4, -0.2) is 5.78 Å². The lowest BCUT2D eigenvalue weighted by molar-refractivity contribution is 0.0975. The summed E-state index contributed by atoms with van der Waals surface area (Å²) < 4.78 is 13.7. The topological polar surface area (TPSA) is 17.1 Å². The fourth-order valence-corrected chi connectivity index (χ4v) is 1.89. The van der Waals surface area contributed by atoms with Gasteiger partial charge in [-0.05, 0) is 25.0 Å². The second kappa shape index (κ2) is 7.21. The van der Waals surface area contributed by atoms with E-state index in [9.17, 15) is 9.18 Å². The van der Waals surface area contributed by atoms with E-state index in [0.29, 0.717) is 12.0 Å². The van der Waals surface area contributed by atoms with Crippen molar-refractivity contribution >= 4 is 5.78 Å². The molecule has 0 amide bonds. The summed E-state index contributed by atoms with van der Waals surface area (Å²) in [5, 5.41) is 0. The van der Waals surface area contributed by atoms with Crippen LogP contribution in [0.25, 0.3) is 0 Å². The van der Waals surface area contributed by atoms with Gasteiger partial charge in [-0.3, -0.25) is 4.79 Å². The molecule has 0 bridgehead atoms. The van der Waals surface area contributed by atoms with Crippen molar-refractivity contribution in [3.05, 3.63) is 35.1 Å². The standard InChI is InChI=1S/C15H21FO/c1-3-4-5-6-7-11-14(17)13-10-8-9-12(2)15(13)16/h8-10H,3-7,11H2,1-2H3. The smallest absolute Gasteiger partial charge is 0.165 e. The van der Waals surface area contributed by atoms with Gasteiger partial charge in [0, 0.05) is 6.42 Å². The lowest BCUT2D eigenvalue weighted by atomic mass is 10.0. The van der Waals surface area contributed by atoms with E-state index in [1.807, 2.05) is 0 Å². The van der Waals surface area contributed by atoms with Crippen LogP contribution in [0.4, 0.5) is 4.39 Å². The first-order valence-electron chi connectivity index (χ1n) is 6.45. The quantitative estimate of drug-likeness (QED) is 0.496. The highest BCUT2D eigenvalue weighted by atomic mass is 19.1. The molecule has 0 aromatic heterocycles. The Morgan fingerprint density at radius 2 is 1.88 bits per heavy atom. The zero-order chi connectivity index (χ0) is 12.7. The number of hydrogen-bond acceptors (Lipinski definition) is 1. The molecule has 2 heteroatoms. The van der Waals surface area contributed by atoms with Crippen LogP contribution >= 0.6 is 0 Å². The molecule has 0 aliphatic carbocycles. The summed E-state index contributed by atoms with van der Waals surface area (Å²) in [5.74, 6) is -0.422. The summed E-state index contributed by atoms with van der Waals surface area (Å²) in [6.07, 6.45) is 5.97. The van der Waals surface area contributed by atoms with E-state index in [1.54, 1.807) is 25.1 Å². The highest BCUT2D eigenvalue weighted by molar-refractivity contribution is 5.96. The predicted octanol–water partition coefficient (Wildman–Crippen LogP) is 4.68. The first kappa shape index (κ1) is 13.9. The van der Waals surface area contributed by atoms with Crippen LogP contribution in [0, 0.1) is 12.7 Å². The van der Waals surface area contributed by atoms with Crippen molar-refractivity contribution in [2.24, 2.45) is 0 Å². The Morgan fingerprint density at radius 1 is 1.18 bits per heavy atom. The number of benzene rings is 1. The summed E-state index contributed by atoms with van der Waals surface area (Å²) in [5.41, 5.74) is 0.794. The third-order valence-electron chi connectivity index (χ3n) is 3.00. The van der Waals surface area contributed by atoms with Gasteiger partial charge in [0.2, 0.25) is 0 Å². The molecule has 0 spiro atoms. The number of ketones is 1. The van der Waals surface area contributed by atoms with Crippen LogP contribution in [-0.2, 0) is 0 Å². The fraction of sp³-hybridized carbons (Fsp3) is 0.533. The van der Waals surface area contributed by atoms with Crippen molar-refractivity contribution < 1.29 is 9.18 Å². The molecule has 1 aromatic carbocycles. The van der Waals surface area contributed by atoms with E-state index in [2.05, 4.69) is 6.92 Å². The average molecular weight is 236 g/mol. The van der Waals surface area contributed by atoms with Gasteiger partial charge >= 0.3 is 0 Å². The van der Waals surface area contributed by atoms with Crippen LogP contribution in [0.15, 0.2) is 18.2 Å². The molecule has 0 aliphatic rings. The molecule has 0 heterocycles. The maximum absolute atomic E-state index is 13.7. The minimum atomic E-state index is -0.356. The largest absolute Gasteiger partial charge is 0.294 e. The van der Waals surface area contributed by atoms with Gasteiger partial charge in [0.25, 0.3) is 0 Å². The normalized spacial score (nSPS) is 10.5. The molecule has 0 unspecified atom stereocenters. The molecule has 0 atom stereocenters. The molecule has 17 heavy (non-hydrogen) atoms. The number of rotatable bonds is 7. The monoisotopic (exact) mass is 236 g/mol. The Balaban J connectivity index is 2.44. The molecule has 0 aliphatic heterocycles. The van der Waals surface area contributed by atoms with E-state index in [0.717, 1.165) is 12.8 Å². The molecule has 0 saturated carbocycles. The summed E-state index contributed by atoms with van der Waals surface area (Å²) >= 11 is 0. The van der Waals surface area contributed by atoms with Crippen LogP contribution in [0.1, 0.15) is 61.4 Å². The van der Waals surface area contributed by atoms with Gasteiger partial charge in [-0.15, -0.1) is 0 Å². The van der Waals surface area contributed by atoms with Crippen molar-refractivity contribution in [1.29, 1.82) is 0 Å². The SMILES string of the molecule is CCCCCCCC(=O)c1cccc(C)c1F. The lowest BCUT2D eigenvalue weighted by Crippen LogP contribution is -2.03. The second-order valence-corrected chi connectivity index (χ2v) is 4.52. The summed E-state index contributed by atoms with van der Waals surface area (Å²) in [4.78, 5) is 11.8. The van der Waals surface area contributed by atoms with Gasteiger partial charge in [0.1, 0.15) is 5.82 Å². The highest BCUT2D eigenvalue weighted by Crippen LogP contribution is 2.15. The first-order chi connectivity index (χ1) is 8.16. The number of aryl methyl sites for hydroxylation is 1. The van der Waals surface area contributed by atoms with Crippen LogP contribution in [0.3, 0.4) is 0 Å². The van der Waals surface area contributed by atoms with Gasteiger partial charge < -0.3 is 0 Å². The van der Waals surface area contributed by atoms with Crippen LogP contribution in [0.5, 0.6) is 0 Å². The third-order valence-corrected chi connectivity index (χ3v) is 3.00. The maximum Gasteiger partial charge on any atom is 0.165 e. The Labute approximate surface area is 103 Å². The molecule has 0 N–H and O–H groups in total. The number of hydrogen-bond donors (Lipinski definition) is 0. The van der Waals surface area contributed by atoms with Gasteiger partial charge in [-0.25, -0.2) is 4.39 Å². The lowest BCUT2D eigenvalue weighted by Gasteiger charge is -2.04. The van der Waals surface area contributed by atoms with E-state index in [-0.39, 0.29) is 17.2 Å². The Kier molecular flexibility index (Phi) is 5.88. The number of carbonyl (C=O) groups is 1. The molecule has 1 rings (SSSR count). The second-order valence-electron chi connectivity index (χ2n) is 4.52. The highest BCUT2D eigenvalue weighted by Gasteiger charge is 2.12. The van der Waals surface area contributed by atoms with Crippen molar-refractivity contribution in [1.82, 2.24) is 0 Å². The molecule has 94 valence electrons. The van der Waals surface area contributed by atoms with Gasteiger partial charge in [0.15, 0.2) is 5.78 Å². The average Bonchev–Trinajstić information content (AvgIpc) is 2.32. The summed E-state index contributed by atoms with van der Waals surface area (Å²) in [7, 11) is 0. The Bertz CT molecular complexity index is 371. The number of halogens is 1. The van der Waals surface area contributed by atoms with Crippen molar-refractivity contribution in [2.75, 3.05) is 0 Å². The van der Waals surface area contributed by atoms with Crippen molar-refractivity contribution in [3.8, 4) is 0 Å². The zero-order valence-corrected chi connectivity index (χ0v) is 10.8. The van der Waals surface area contributed by atoms with E-state index >= 15 is 0 Å². The number of Topliss-reactive ketones (excluding diaryl/α,β-unsaturated/α-hetero) is 1. The minimum Gasteiger partial charge on any atom is -0.294 e. The van der Waals surface area contributed by atoms with E-state index in [4.69, 9.17) is 0 Å². The molecule has 0 radical (unpaired) electrons. The molecule has 0 fully saturated rings. The van der Waals surface area contributed by atoms with Gasteiger partial charge in [-0.2, -0.15) is 0 Å². The Morgan fingerprint density at radius 3 is 2.59 bits per heavy atom. The third kappa shape index (κ3) is 4.29. The molecular weight excluding hydrogens is 215 g/mol. The van der Waals surface area contributed by atoms with Crippen molar-refractivity contribution in [2.45, 2.75) is 52.4 Å². The van der Waals surface area contributed by atoms with Crippen molar-refractivity contribution in [3.63, 3.8) is 0 Å². The first-order valence-corrected chi connectivity index (χ1v) is 6.45. The molecule has 0 saturated heterocycles. The number of unbranched alkanes of at least 4 members (excludes halogenated alkanes) is 4. The van der Waals surface area contributed by atoms with E-state index in [1.165, 1.54) is 19.3 Å². The zero-order valence-electron chi connectivity index (χ0n) is 10.8. The van der Waals surface area contributed by atoms with Crippen LogP contribution < -0.4 is 0 Å². The van der Waals surface area contributed by atoms with Gasteiger partial charge in [-0.1, -0.05) is 44.7 Å². The van der Waals surface area contributed by atoms with E-state index < -0.39 is 0 Å². The predicted molar refractivity (Wildman–Crippen MR) is 68.8 cm³/mol.